The van der Waals surface area contributed by atoms with Gasteiger partial charge in [0.05, 0.1) is 18.5 Å². The molecule has 3 rings (SSSR count). The van der Waals surface area contributed by atoms with Crippen LogP contribution in [0.1, 0.15) is 76.7 Å². The van der Waals surface area contributed by atoms with Crippen LogP contribution in [0.4, 0.5) is 13.2 Å². The third kappa shape index (κ3) is 10.5. The first-order valence-electron chi connectivity index (χ1n) is 14.4. The third-order valence-corrected chi connectivity index (χ3v) is 7.12. The number of halogens is 3. The molecule has 41 heavy (non-hydrogen) atoms. The Hall–Kier alpha value is -3.39. The topological polar surface area (TPSA) is 68.7 Å². The van der Waals surface area contributed by atoms with Crippen molar-refractivity contribution in [3.63, 3.8) is 0 Å². The molecule has 1 heterocycles. The summed E-state index contributed by atoms with van der Waals surface area (Å²) >= 11 is 0. The summed E-state index contributed by atoms with van der Waals surface area (Å²) < 4.78 is 49.9. The molecule has 0 aliphatic carbocycles. The highest BCUT2D eigenvalue weighted by Crippen LogP contribution is 2.36. The SMILES string of the molecule is CCCCCCOc1ccc(-c2cc(C(CCCC(=O)O)CCOC(C)C(F)(F)F)ccc2-c2ccccc2)nc1. The van der Waals surface area contributed by atoms with E-state index in [2.05, 4.69) is 6.92 Å². The van der Waals surface area contributed by atoms with Gasteiger partial charge in [0.25, 0.3) is 0 Å². The van der Waals surface area contributed by atoms with Crippen molar-refractivity contribution >= 4 is 5.97 Å². The van der Waals surface area contributed by atoms with Crippen LogP contribution in [0, 0.1) is 0 Å². The Morgan fingerprint density at radius 1 is 0.927 bits per heavy atom. The molecule has 0 saturated carbocycles. The molecule has 0 saturated heterocycles. The highest BCUT2D eigenvalue weighted by Gasteiger charge is 2.36. The molecule has 0 amide bonds. The number of pyridine rings is 1. The number of unbranched alkanes of at least 4 members (excludes halogenated alkanes) is 3. The van der Waals surface area contributed by atoms with Gasteiger partial charge in [0.1, 0.15) is 5.75 Å². The maximum atomic E-state index is 13.0. The normalized spacial score (nSPS) is 13.1. The molecule has 0 bridgehead atoms. The van der Waals surface area contributed by atoms with E-state index in [0.717, 1.165) is 47.7 Å². The second-order valence-corrected chi connectivity index (χ2v) is 10.3. The molecule has 0 spiro atoms. The van der Waals surface area contributed by atoms with Gasteiger partial charge in [-0.25, -0.2) is 0 Å². The minimum Gasteiger partial charge on any atom is -0.492 e. The molecule has 3 aromatic rings. The number of hydrogen-bond acceptors (Lipinski definition) is 4. The Balaban J connectivity index is 1.88. The van der Waals surface area contributed by atoms with E-state index < -0.39 is 18.2 Å². The summed E-state index contributed by atoms with van der Waals surface area (Å²) in [6.45, 7) is 3.72. The molecule has 5 nitrogen and oxygen atoms in total. The van der Waals surface area contributed by atoms with Gasteiger partial charge < -0.3 is 14.6 Å². The Morgan fingerprint density at radius 3 is 2.37 bits per heavy atom. The van der Waals surface area contributed by atoms with Crippen LogP contribution in [-0.2, 0) is 9.53 Å². The Labute approximate surface area is 240 Å². The number of rotatable bonds is 17. The zero-order valence-corrected chi connectivity index (χ0v) is 23.8. The van der Waals surface area contributed by atoms with Crippen LogP contribution in [0.15, 0.2) is 66.9 Å². The molecule has 0 radical (unpaired) electrons. The number of aliphatic carboxylic acids is 1. The molecule has 222 valence electrons. The van der Waals surface area contributed by atoms with E-state index in [1.54, 1.807) is 6.20 Å². The quantitative estimate of drug-likeness (QED) is 0.164. The third-order valence-electron chi connectivity index (χ3n) is 7.12. The predicted octanol–water partition coefficient (Wildman–Crippen LogP) is 9.07. The van der Waals surface area contributed by atoms with Crippen molar-refractivity contribution < 1.29 is 32.5 Å². The molecule has 0 fully saturated rings. The highest BCUT2D eigenvalue weighted by molar-refractivity contribution is 5.82. The zero-order chi connectivity index (χ0) is 29.7. The van der Waals surface area contributed by atoms with E-state index in [9.17, 15) is 18.0 Å². The van der Waals surface area contributed by atoms with Crippen LogP contribution in [0.2, 0.25) is 0 Å². The van der Waals surface area contributed by atoms with Crippen LogP contribution in [0.25, 0.3) is 22.4 Å². The van der Waals surface area contributed by atoms with Crippen molar-refractivity contribution in [3.8, 4) is 28.1 Å². The van der Waals surface area contributed by atoms with Gasteiger partial charge in [-0.3, -0.25) is 9.78 Å². The van der Waals surface area contributed by atoms with Gasteiger partial charge in [-0.2, -0.15) is 13.2 Å². The molecule has 2 aromatic carbocycles. The predicted molar refractivity (Wildman–Crippen MR) is 155 cm³/mol. The number of nitrogens with zero attached hydrogens (tertiary/aromatic N) is 1. The van der Waals surface area contributed by atoms with Gasteiger partial charge in [-0.1, -0.05) is 68.7 Å². The maximum absolute atomic E-state index is 13.0. The largest absolute Gasteiger partial charge is 0.492 e. The molecular formula is C33H40F3NO4. The van der Waals surface area contributed by atoms with Gasteiger partial charge in [0, 0.05) is 18.6 Å². The molecule has 0 aliphatic rings. The van der Waals surface area contributed by atoms with Crippen molar-refractivity contribution in [2.75, 3.05) is 13.2 Å². The molecule has 2 unspecified atom stereocenters. The van der Waals surface area contributed by atoms with E-state index in [-0.39, 0.29) is 18.9 Å². The molecule has 0 aliphatic heterocycles. The van der Waals surface area contributed by atoms with Crippen LogP contribution < -0.4 is 4.74 Å². The monoisotopic (exact) mass is 571 g/mol. The van der Waals surface area contributed by atoms with Gasteiger partial charge >= 0.3 is 12.1 Å². The Kier molecular flexibility index (Phi) is 12.7. The zero-order valence-electron chi connectivity index (χ0n) is 23.8. The first-order chi connectivity index (χ1) is 19.7. The van der Waals surface area contributed by atoms with Gasteiger partial charge in [-0.05, 0) is 73.4 Å². The first kappa shape index (κ1) is 32.1. The molecule has 1 aromatic heterocycles. The lowest BCUT2D eigenvalue weighted by molar-refractivity contribution is -0.214. The maximum Gasteiger partial charge on any atom is 0.414 e. The van der Waals surface area contributed by atoms with Gasteiger partial charge in [0.2, 0.25) is 0 Å². The summed E-state index contributed by atoms with van der Waals surface area (Å²) in [6.07, 6.45) is 1.14. The smallest absolute Gasteiger partial charge is 0.414 e. The van der Waals surface area contributed by atoms with E-state index in [0.29, 0.717) is 31.6 Å². The lowest BCUT2D eigenvalue weighted by atomic mass is 9.86. The summed E-state index contributed by atoms with van der Waals surface area (Å²) in [7, 11) is 0. The Morgan fingerprint density at radius 2 is 1.71 bits per heavy atom. The lowest BCUT2D eigenvalue weighted by Crippen LogP contribution is -2.29. The molecular weight excluding hydrogens is 531 g/mol. The fraction of sp³-hybridized carbons (Fsp3) is 0.455. The van der Waals surface area contributed by atoms with E-state index >= 15 is 0 Å². The second-order valence-electron chi connectivity index (χ2n) is 10.3. The van der Waals surface area contributed by atoms with E-state index in [1.165, 1.54) is 12.8 Å². The fourth-order valence-electron chi connectivity index (χ4n) is 4.70. The summed E-state index contributed by atoms with van der Waals surface area (Å²) in [5.41, 5.74) is 4.52. The molecule has 2 atom stereocenters. The van der Waals surface area contributed by atoms with Crippen molar-refractivity contribution in [1.29, 1.82) is 0 Å². The van der Waals surface area contributed by atoms with E-state index in [4.69, 9.17) is 19.6 Å². The number of aromatic nitrogens is 1. The van der Waals surface area contributed by atoms with Crippen molar-refractivity contribution in [2.45, 2.75) is 83.4 Å². The Bertz CT molecular complexity index is 1200. The number of benzene rings is 2. The standard InChI is InChI=1S/C33H40F3NO4/c1-3-4-5-9-20-41-28-16-18-31(37-23-28)30-22-27(15-17-29(30)26-11-7-6-8-12-26)25(13-10-14-32(38)39)19-21-40-24(2)33(34,35)36/h6-8,11-12,15-18,22-25H,3-5,9-10,13-14,19-21H2,1-2H3,(H,38,39). The average molecular weight is 572 g/mol. The van der Waals surface area contributed by atoms with Gasteiger partial charge in [0.15, 0.2) is 6.10 Å². The van der Waals surface area contributed by atoms with Crippen LogP contribution >= 0.6 is 0 Å². The summed E-state index contributed by atoms with van der Waals surface area (Å²) in [6, 6.07) is 19.7. The number of hydrogen-bond donors (Lipinski definition) is 1. The number of carbonyl (C=O) groups is 1. The van der Waals surface area contributed by atoms with Crippen molar-refractivity contribution in [2.24, 2.45) is 0 Å². The highest BCUT2D eigenvalue weighted by atomic mass is 19.4. The summed E-state index contributed by atoms with van der Waals surface area (Å²) in [5.74, 6) is -0.378. The van der Waals surface area contributed by atoms with Gasteiger partial charge in [-0.15, -0.1) is 0 Å². The van der Waals surface area contributed by atoms with Crippen LogP contribution in [0.3, 0.4) is 0 Å². The van der Waals surface area contributed by atoms with Crippen molar-refractivity contribution in [3.05, 3.63) is 72.4 Å². The first-order valence-corrected chi connectivity index (χ1v) is 14.4. The molecule has 1 N–H and O–H groups in total. The number of carboxylic acids is 1. The number of ether oxygens (including phenoxy) is 2. The van der Waals surface area contributed by atoms with Crippen molar-refractivity contribution in [1.82, 2.24) is 4.98 Å². The lowest BCUT2D eigenvalue weighted by Gasteiger charge is -2.22. The van der Waals surface area contributed by atoms with Crippen LogP contribution in [-0.4, -0.2) is 41.6 Å². The second kappa shape index (κ2) is 16.2. The summed E-state index contributed by atoms with van der Waals surface area (Å²) in [4.78, 5) is 15.8. The summed E-state index contributed by atoms with van der Waals surface area (Å²) in [5, 5.41) is 9.14. The number of alkyl halides is 3. The molecule has 8 heteroatoms. The van der Waals surface area contributed by atoms with E-state index in [1.807, 2.05) is 60.7 Å². The average Bonchev–Trinajstić information content (AvgIpc) is 2.96. The minimum absolute atomic E-state index is 0.00721. The van der Waals surface area contributed by atoms with Crippen LogP contribution in [0.5, 0.6) is 5.75 Å². The number of carboxylic acid groups (broad SMARTS) is 1. The fourth-order valence-corrected chi connectivity index (χ4v) is 4.70. The minimum atomic E-state index is -4.43.